The topological polar surface area (TPSA) is 58.6 Å². The summed E-state index contributed by atoms with van der Waals surface area (Å²) in [5.74, 6) is 0.270. The van der Waals surface area contributed by atoms with Gasteiger partial charge in [-0.3, -0.25) is 4.79 Å². The molecule has 1 aromatic carbocycles. The van der Waals surface area contributed by atoms with Crippen LogP contribution in [0, 0.1) is 11.8 Å². The molecule has 0 radical (unpaired) electrons. The first-order valence-corrected chi connectivity index (χ1v) is 8.73. The van der Waals surface area contributed by atoms with Crippen LogP contribution in [-0.4, -0.2) is 23.7 Å². The van der Waals surface area contributed by atoms with Gasteiger partial charge in [0.1, 0.15) is 5.75 Å². The highest BCUT2D eigenvalue weighted by Gasteiger charge is 2.18. The number of ether oxygens (including phenoxy) is 1. The Kier molecular flexibility index (Phi) is 6.90. The molecule has 1 atom stereocenters. The van der Waals surface area contributed by atoms with E-state index in [1.807, 2.05) is 18.2 Å². The average Bonchev–Trinajstić information content (AvgIpc) is 2.99. The van der Waals surface area contributed by atoms with E-state index in [1.54, 1.807) is 0 Å². The lowest BCUT2D eigenvalue weighted by atomic mass is 9.97. The summed E-state index contributed by atoms with van der Waals surface area (Å²) in [6.07, 6.45) is 5.89. The van der Waals surface area contributed by atoms with Gasteiger partial charge in [0.05, 0.1) is 12.0 Å². The van der Waals surface area contributed by atoms with E-state index < -0.39 is 5.97 Å². The Balaban J connectivity index is 1.81. The number of carbonyl (C=O) groups is 1. The third kappa shape index (κ3) is 6.22. The van der Waals surface area contributed by atoms with Gasteiger partial charge < -0.3 is 15.2 Å². The van der Waals surface area contributed by atoms with Gasteiger partial charge in [0.25, 0.3) is 0 Å². The molecule has 0 amide bonds. The third-order valence-electron chi connectivity index (χ3n) is 4.33. The molecule has 1 aliphatic rings. The first-order valence-electron chi connectivity index (χ1n) is 8.73. The molecule has 2 N–H and O–H groups in total. The quantitative estimate of drug-likeness (QED) is 0.726. The number of aliphatic carboxylic acids is 1. The van der Waals surface area contributed by atoms with Crippen molar-refractivity contribution in [2.24, 2.45) is 11.8 Å². The van der Waals surface area contributed by atoms with Crippen LogP contribution in [0.2, 0.25) is 0 Å². The number of rotatable bonds is 9. The predicted octanol–water partition coefficient (Wildman–Crippen LogP) is 3.84. The first-order chi connectivity index (χ1) is 11.0. The van der Waals surface area contributed by atoms with Crippen molar-refractivity contribution in [3.05, 3.63) is 29.8 Å². The molecule has 23 heavy (non-hydrogen) atoms. The molecule has 128 valence electrons. The van der Waals surface area contributed by atoms with Crippen molar-refractivity contribution in [3.8, 4) is 5.75 Å². The Morgan fingerprint density at radius 1 is 1.35 bits per heavy atom. The van der Waals surface area contributed by atoms with E-state index in [2.05, 4.69) is 25.2 Å². The minimum atomic E-state index is -0.718. The van der Waals surface area contributed by atoms with Gasteiger partial charge in [-0.1, -0.05) is 26.0 Å². The molecule has 1 aromatic rings. The van der Waals surface area contributed by atoms with Crippen molar-refractivity contribution >= 4 is 5.97 Å². The van der Waals surface area contributed by atoms with Crippen LogP contribution >= 0.6 is 0 Å². The lowest BCUT2D eigenvalue weighted by Gasteiger charge is -2.16. The number of hydrogen-bond acceptors (Lipinski definition) is 3. The van der Waals surface area contributed by atoms with Crippen LogP contribution in [0.25, 0.3) is 0 Å². The fraction of sp³-hybridized carbons (Fsp3) is 0.632. The van der Waals surface area contributed by atoms with Crippen LogP contribution in [0.5, 0.6) is 5.75 Å². The number of benzene rings is 1. The van der Waals surface area contributed by atoms with E-state index in [0.717, 1.165) is 24.2 Å². The van der Waals surface area contributed by atoms with Gasteiger partial charge in [0.2, 0.25) is 0 Å². The Morgan fingerprint density at radius 3 is 2.74 bits per heavy atom. The monoisotopic (exact) mass is 319 g/mol. The summed E-state index contributed by atoms with van der Waals surface area (Å²) >= 11 is 0. The van der Waals surface area contributed by atoms with E-state index in [1.165, 1.54) is 12.8 Å². The van der Waals surface area contributed by atoms with Gasteiger partial charge >= 0.3 is 5.97 Å². The molecular formula is C19H29NO3. The van der Waals surface area contributed by atoms with E-state index in [9.17, 15) is 9.90 Å². The molecule has 1 aliphatic carbocycles. The van der Waals surface area contributed by atoms with Crippen LogP contribution in [0.3, 0.4) is 0 Å². The molecule has 1 saturated carbocycles. The maximum atomic E-state index is 11.3. The van der Waals surface area contributed by atoms with Gasteiger partial charge in [-0.25, -0.2) is 0 Å². The summed E-state index contributed by atoms with van der Waals surface area (Å²) in [4.78, 5) is 11.3. The summed E-state index contributed by atoms with van der Waals surface area (Å²) in [6, 6.07) is 8.11. The van der Waals surface area contributed by atoms with Crippen LogP contribution in [0.1, 0.15) is 51.5 Å². The summed E-state index contributed by atoms with van der Waals surface area (Å²) in [5, 5.41) is 12.5. The zero-order valence-electron chi connectivity index (χ0n) is 14.3. The van der Waals surface area contributed by atoms with E-state index in [4.69, 9.17) is 4.74 Å². The number of carboxylic acids is 1. The summed E-state index contributed by atoms with van der Waals surface area (Å²) in [7, 11) is 0. The Hall–Kier alpha value is -1.55. The molecule has 0 heterocycles. The molecule has 0 aromatic heterocycles. The Morgan fingerprint density at radius 2 is 2.09 bits per heavy atom. The van der Waals surface area contributed by atoms with Crippen LogP contribution in [-0.2, 0) is 11.3 Å². The van der Waals surface area contributed by atoms with Crippen molar-refractivity contribution in [1.82, 2.24) is 5.32 Å². The molecule has 4 heteroatoms. The molecule has 0 bridgehead atoms. The Labute approximate surface area is 139 Å². The predicted molar refractivity (Wildman–Crippen MR) is 91.6 cm³/mol. The second-order valence-corrected chi connectivity index (χ2v) is 6.97. The van der Waals surface area contributed by atoms with E-state index in [0.29, 0.717) is 31.5 Å². The minimum absolute atomic E-state index is 0.326. The SMILES string of the molecule is CC(C)CC(CNCc1cccc(OC2CCCC2)c1)C(=O)O. The molecule has 1 fully saturated rings. The Bertz CT molecular complexity index is 495. The second-order valence-electron chi connectivity index (χ2n) is 6.97. The van der Waals surface area contributed by atoms with Crippen LogP contribution < -0.4 is 10.1 Å². The van der Waals surface area contributed by atoms with Gasteiger partial charge in [0.15, 0.2) is 0 Å². The lowest BCUT2D eigenvalue weighted by molar-refractivity contribution is -0.142. The zero-order chi connectivity index (χ0) is 16.7. The van der Waals surface area contributed by atoms with Crippen molar-refractivity contribution in [2.45, 2.75) is 58.6 Å². The fourth-order valence-corrected chi connectivity index (χ4v) is 3.16. The van der Waals surface area contributed by atoms with Gasteiger partial charge in [-0.15, -0.1) is 0 Å². The highest BCUT2D eigenvalue weighted by atomic mass is 16.5. The smallest absolute Gasteiger partial charge is 0.307 e. The zero-order valence-corrected chi connectivity index (χ0v) is 14.3. The van der Waals surface area contributed by atoms with Crippen molar-refractivity contribution in [1.29, 1.82) is 0 Å². The summed E-state index contributed by atoms with van der Waals surface area (Å²) < 4.78 is 6.01. The van der Waals surface area contributed by atoms with Crippen molar-refractivity contribution < 1.29 is 14.6 Å². The lowest BCUT2D eigenvalue weighted by Crippen LogP contribution is -2.29. The standard InChI is InChI=1S/C19H29NO3/c1-14(2)10-16(19(21)22)13-20-12-15-6-5-9-18(11-15)23-17-7-3-4-8-17/h5-6,9,11,14,16-17,20H,3-4,7-8,10,12-13H2,1-2H3,(H,21,22). The number of nitrogens with one attached hydrogen (secondary N) is 1. The molecule has 2 rings (SSSR count). The average molecular weight is 319 g/mol. The van der Waals surface area contributed by atoms with Crippen molar-refractivity contribution in [2.75, 3.05) is 6.54 Å². The summed E-state index contributed by atoms with van der Waals surface area (Å²) in [6.45, 7) is 5.28. The van der Waals surface area contributed by atoms with Crippen LogP contribution in [0.4, 0.5) is 0 Å². The molecule has 4 nitrogen and oxygen atoms in total. The van der Waals surface area contributed by atoms with Crippen molar-refractivity contribution in [3.63, 3.8) is 0 Å². The maximum Gasteiger partial charge on any atom is 0.307 e. The maximum absolute atomic E-state index is 11.3. The highest BCUT2D eigenvalue weighted by Crippen LogP contribution is 2.24. The number of hydrogen-bond donors (Lipinski definition) is 2. The molecular weight excluding hydrogens is 290 g/mol. The fourth-order valence-electron chi connectivity index (χ4n) is 3.16. The van der Waals surface area contributed by atoms with E-state index in [-0.39, 0.29) is 5.92 Å². The van der Waals surface area contributed by atoms with Gasteiger partial charge in [-0.05, 0) is 55.7 Å². The third-order valence-corrected chi connectivity index (χ3v) is 4.33. The second kappa shape index (κ2) is 8.92. The van der Waals surface area contributed by atoms with E-state index >= 15 is 0 Å². The first kappa shape index (κ1) is 17.8. The highest BCUT2D eigenvalue weighted by molar-refractivity contribution is 5.70. The van der Waals surface area contributed by atoms with Crippen LogP contribution in [0.15, 0.2) is 24.3 Å². The number of carboxylic acid groups (broad SMARTS) is 1. The molecule has 0 spiro atoms. The molecule has 0 aliphatic heterocycles. The largest absolute Gasteiger partial charge is 0.490 e. The summed E-state index contributed by atoms with van der Waals surface area (Å²) in [5.41, 5.74) is 1.13. The van der Waals surface area contributed by atoms with Gasteiger partial charge in [0, 0.05) is 13.1 Å². The molecule has 1 unspecified atom stereocenters. The molecule has 0 saturated heterocycles. The van der Waals surface area contributed by atoms with Gasteiger partial charge in [-0.2, -0.15) is 0 Å². The minimum Gasteiger partial charge on any atom is -0.490 e. The normalized spacial score (nSPS) is 16.7.